The summed E-state index contributed by atoms with van der Waals surface area (Å²) in [6.07, 6.45) is 3.65. The first-order valence-corrected chi connectivity index (χ1v) is 6.52. The molecule has 2 heterocycles. The molecule has 1 aromatic heterocycles. The molecule has 5 heteroatoms. The number of ether oxygens (including phenoxy) is 1. The van der Waals surface area contributed by atoms with E-state index in [0.717, 1.165) is 25.5 Å². The molecule has 1 aliphatic heterocycles. The van der Waals surface area contributed by atoms with Crippen molar-refractivity contribution >= 4 is 17.2 Å². The number of carbonyl (C=O) groups excluding carboxylic acids is 1. The second-order valence-electron chi connectivity index (χ2n) is 4.72. The van der Waals surface area contributed by atoms with Crippen molar-refractivity contribution in [2.45, 2.75) is 31.9 Å². The smallest absolute Gasteiger partial charge is 0.150 e. The SMILES string of the molecule is O=CCc1nn(C2CCCCO2)c2c(F)cccc12. The fourth-order valence-corrected chi connectivity index (χ4v) is 2.57. The molecule has 1 saturated heterocycles. The summed E-state index contributed by atoms with van der Waals surface area (Å²) in [5, 5.41) is 5.08. The summed E-state index contributed by atoms with van der Waals surface area (Å²) in [4.78, 5) is 10.7. The van der Waals surface area contributed by atoms with Crippen molar-refractivity contribution in [1.82, 2.24) is 9.78 Å². The van der Waals surface area contributed by atoms with E-state index in [1.54, 1.807) is 16.8 Å². The predicted octanol–water partition coefficient (Wildman–Crippen LogP) is 2.62. The maximum Gasteiger partial charge on any atom is 0.150 e. The average molecular weight is 262 g/mol. The Morgan fingerprint density at radius 2 is 2.37 bits per heavy atom. The number of aldehydes is 1. The van der Waals surface area contributed by atoms with E-state index in [9.17, 15) is 9.18 Å². The quantitative estimate of drug-likeness (QED) is 0.799. The van der Waals surface area contributed by atoms with Crippen molar-refractivity contribution in [3.05, 3.63) is 29.7 Å². The Morgan fingerprint density at radius 3 is 3.11 bits per heavy atom. The van der Waals surface area contributed by atoms with Crippen LogP contribution in [0.25, 0.3) is 10.9 Å². The van der Waals surface area contributed by atoms with Gasteiger partial charge in [-0.25, -0.2) is 9.07 Å². The number of benzene rings is 1. The summed E-state index contributed by atoms with van der Waals surface area (Å²) in [5.74, 6) is -0.323. The summed E-state index contributed by atoms with van der Waals surface area (Å²) in [7, 11) is 0. The molecule has 0 amide bonds. The second-order valence-corrected chi connectivity index (χ2v) is 4.72. The number of hydrogen-bond acceptors (Lipinski definition) is 3. The minimum atomic E-state index is -0.323. The molecule has 1 aromatic carbocycles. The van der Waals surface area contributed by atoms with Crippen LogP contribution >= 0.6 is 0 Å². The van der Waals surface area contributed by atoms with Gasteiger partial charge in [0.05, 0.1) is 5.69 Å². The topological polar surface area (TPSA) is 44.1 Å². The normalized spacial score (nSPS) is 19.7. The van der Waals surface area contributed by atoms with Gasteiger partial charge in [0.1, 0.15) is 17.6 Å². The number of halogens is 1. The zero-order valence-corrected chi connectivity index (χ0v) is 10.5. The van der Waals surface area contributed by atoms with Gasteiger partial charge in [0, 0.05) is 18.4 Å². The van der Waals surface area contributed by atoms with Crippen LogP contribution in [0, 0.1) is 5.82 Å². The lowest BCUT2D eigenvalue weighted by molar-refractivity contribution is -0.107. The lowest BCUT2D eigenvalue weighted by atomic mass is 10.1. The van der Waals surface area contributed by atoms with Gasteiger partial charge in [0.15, 0.2) is 6.23 Å². The molecule has 100 valence electrons. The number of para-hydroxylation sites is 1. The van der Waals surface area contributed by atoms with Crippen LogP contribution in [0.15, 0.2) is 18.2 Å². The largest absolute Gasteiger partial charge is 0.356 e. The maximum atomic E-state index is 14.1. The fraction of sp³-hybridized carbons (Fsp3) is 0.429. The Balaban J connectivity index is 2.14. The van der Waals surface area contributed by atoms with Crippen molar-refractivity contribution in [1.29, 1.82) is 0 Å². The molecular weight excluding hydrogens is 247 g/mol. The van der Waals surface area contributed by atoms with Crippen molar-refractivity contribution < 1.29 is 13.9 Å². The van der Waals surface area contributed by atoms with Gasteiger partial charge in [0.2, 0.25) is 0 Å². The lowest BCUT2D eigenvalue weighted by Gasteiger charge is -2.23. The number of nitrogens with zero attached hydrogens (tertiary/aromatic N) is 2. The molecule has 0 spiro atoms. The van der Waals surface area contributed by atoms with Gasteiger partial charge in [-0.15, -0.1) is 0 Å². The van der Waals surface area contributed by atoms with Crippen LogP contribution in [0.5, 0.6) is 0 Å². The second kappa shape index (κ2) is 5.09. The standard InChI is InChI=1S/C14H15FN2O2/c15-11-5-3-4-10-12(7-8-18)16-17(14(10)11)13-6-1-2-9-19-13/h3-5,8,13H,1-2,6-7,9H2. The highest BCUT2D eigenvalue weighted by Gasteiger charge is 2.22. The highest BCUT2D eigenvalue weighted by Crippen LogP contribution is 2.29. The van der Waals surface area contributed by atoms with Gasteiger partial charge in [-0.05, 0) is 25.3 Å². The molecule has 2 aromatic rings. The average Bonchev–Trinajstić information content (AvgIpc) is 2.81. The number of carbonyl (C=O) groups is 1. The van der Waals surface area contributed by atoms with Gasteiger partial charge in [-0.1, -0.05) is 12.1 Å². The number of fused-ring (bicyclic) bond motifs is 1. The summed E-state index contributed by atoms with van der Waals surface area (Å²) in [6.45, 7) is 0.670. The zero-order valence-electron chi connectivity index (χ0n) is 10.5. The van der Waals surface area contributed by atoms with E-state index >= 15 is 0 Å². The molecule has 1 atom stereocenters. The molecule has 1 fully saturated rings. The Morgan fingerprint density at radius 1 is 1.47 bits per heavy atom. The summed E-state index contributed by atoms with van der Waals surface area (Å²) < 4.78 is 21.3. The molecule has 1 aliphatic rings. The van der Waals surface area contributed by atoms with E-state index in [1.165, 1.54) is 6.07 Å². The van der Waals surface area contributed by atoms with Gasteiger partial charge in [0.25, 0.3) is 0 Å². The minimum Gasteiger partial charge on any atom is -0.356 e. The Labute approximate surface area is 110 Å². The number of hydrogen-bond donors (Lipinski definition) is 0. The van der Waals surface area contributed by atoms with Crippen LogP contribution < -0.4 is 0 Å². The van der Waals surface area contributed by atoms with E-state index in [-0.39, 0.29) is 18.5 Å². The fourth-order valence-electron chi connectivity index (χ4n) is 2.57. The summed E-state index contributed by atoms with van der Waals surface area (Å²) >= 11 is 0. The predicted molar refractivity (Wildman–Crippen MR) is 68.3 cm³/mol. The van der Waals surface area contributed by atoms with Gasteiger partial charge < -0.3 is 9.53 Å². The maximum absolute atomic E-state index is 14.1. The van der Waals surface area contributed by atoms with Gasteiger partial charge in [-0.3, -0.25) is 0 Å². The van der Waals surface area contributed by atoms with E-state index in [2.05, 4.69) is 5.10 Å². The third-order valence-corrected chi connectivity index (χ3v) is 3.46. The van der Waals surface area contributed by atoms with Crippen molar-refractivity contribution in [2.75, 3.05) is 6.61 Å². The first kappa shape index (κ1) is 12.3. The van der Waals surface area contributed by atoms with Gasteiger partial charge in [-0.2, -0.15) is 5.10 Å². The summed E-state index contributed by atoms with van der Waals surface area (Å²) in [5.41, 5.74) is 1.05. The Bertz CT molecular complexity index is 603. The lowest BCUT2D eigenvalue weighted by Crippen LogP contribution is -2.19. The van der Waals surface area contributed by atoms with E-state index in [1.807, 2.05) is 0 Å². The van der Waals surface area contributed by atoms with Crippen LogP contribution in [-0.4, -0.2) is 22.7 Å². The van der Waals surface area contributed by atoms with Crippen LogP contribution in [0.4, 0.5) is 4.39 Å². The van der Waals surface area contributed by atoms with Crippen molar-refractivity contribution in [3.8, 4) is 0 Å². The van der Waals surface area contributed by atoms with Crippen LogP contribution in [0.2, 0.25) is 0 Å². The molecule has 0 radical (unpaired) electrons. The third-order valence-electron chi connectivity index (χ3n) is 3.46. The van der Waals surface area contributed by atoms with Crippen LogP contribution in [0.3, 0.4) is 0 Å². The first-order valence-electron chi connectivity index (χ1n) is 6.52. The number of rotatable bonds is 3. The number of aromatic nitrogens is 2. The van der Waals surface area contributed by atoms with Crippen LogP contribution in [0.1, 0.15) is 31.2 Å². The Kier molecular flexibility index (Phi) is 3.29. The Hall–Kier alpha value is -1.75. The molecule has 0 saturated carbocycles. The van der Waals surface area contributed by atoms with Crippen molar-refractivity contribution in [2.24, 2.45) is 0 Å². The molecule has 1 unspecified atom stereocenters. The van der Waals surface area contributed by atoms with Gasteiger partial charge >= 0.3 is 0 Å². The molecule has 4 nitrogen and oxygen atoms in total. The van der Waals surface area contributed by atoms with E-state index in [0.29, 0.717) is 23.2 Å². The molecule has 0 bridgehead atoms. The first-order chi connectivity index (χ1) is 9.31. The van der Waals surface area contributed by atoms with Crippen molar-refractivity contribution in [3.63, 3.8) is 0 Å². The molecule has 3 rings (SSSR count). The highest BCUT2D eigenvalue weighted by molar-refractivity contribution is 5.84. The minimum absolute atomic E-state index is 0.194. The third kappa shape index (κ3) is 2.14. The molecule has 0 N–H and O–H groups in total. The zero-order chi connectivity index (χ0) is 13.2. The van der Waals surface area contributed by atoms with E-state index in [4.69, 9.17) is 4.74 Å². The van der Waals surface area contributed by atoms with Crippen LogP contribution in [-0.2, 0) is 16.0 Å². The molecule has 19 heavy (non-hydrogen) atoms. The van der Waals surface area contributed by atoms with E-state index < -0.39 is 0 Å². The molecule has 0 aliphatic carbocycles. The monoisotopic (exact) mass is 262 g/mol. The molecular formula is C14H15FN2O2. The summed E-state index contributed by atoms with van der Waals surface area (Å²) in [6, 6.07) is 4.84. The highest BCUT2D eigenvalue weighted by atomic mass is 19.1.